The highest BCUT2D eigenvalue weighted by atomic mass is 79.9. The predicted molar refractivity (Wildman–Crippen MR) is 115 cm³/mol. The number of benzene rings is 1. The molecule has 1 aromatic heterocycles. The fraction of sp³-hybridized carbons (Fsp3) is 0.619. The van der Waals surface area contributed by atoms with Gasteiger partial charge in [0.1, 0.15) is 11.2 Å². The average Bonchev–Trinajstić information content (AvgIpc) is 2.94. The first-order chi connectivity index (χ1) is 13.5. The Labute approximate surface area is 174 Å². The summed E-state index contributed by atoms with van der Waals surface area (Å²) in [6.45, 7) is 11.9. The van der Waals surface area contributed by atoms with Gasteiger partial charge in [-0.3, -0.25) is 14.3 Å². The first-order valence-electron chi connectivity index (χ1n) is 10.4. The quantitative estimate of drug-likeness (QED) is 0.658. The third kappa shape index (κ3) is 4.16. The third-order valence-electron chi connectivity index (χ3n) is 5.73. The summed E-state index contributed by atoms with van der Waals surface area (Å²) < 4.78 is 16.6. The van der Waals surface area contributed by atoms with Crippen molar-refractivity contribution < 1.29 is 4.39 Å². The van der Waals surface area contributed by atoms with Gasteiger partial charge in [0.25, 0.3) is 5.56 Å². The molecule has 3 rings (SSSR count). The second kappa shape index (κ2) is 9.46. The largest absolute Gasteiger partial charge is 0.302 e. The molecular formula is C21H30BrFN4O. The molecule has 1 saturated heterocycles. The summed E-state index contributed by atoms with van der Waals surface area (Å²) in [5, 5.41) is 0.0725. The van der Waals surface area contributed by atoms with Gasteiger partial charge in [0, 0.05) is 26.2 Å². The van der Waals surface area contributed by atoms with Crippen LogP contribution in [0.4, 0.5) is 4.39 Å². The van der Waals surface area contributed by atoms with Gasteiger partial charge in [-0.05, 0) is 60.9 Å². The van der Waals surface area contributed by atoms with Crippen LogP contribution in [0.1, 0.15) is 51.9 Å². The summed E-state index contributed by atoms with van der Waals surface area (Å²) >= 11 is 3.19. The van der Waals surface area contributed by atoms with E-state index in [2.05, 4.69) is 39.6 Å². The summed E-state index contributed by atoms with van der Waals surface area (Å²) in [5.74, 6) is 0.248. The van der Waals surface area contributed by atoms with Gasteiger partial charge in [-0.25, -0.2) is 9.37 Å². The summed E-state index contributed by atoms with van der Waals surface area (Å²) in [6.07, 6.45) is 3.05. The molecule has 1 unspecified atom stereocenters. The van der Waals surface area contributed by atoms with E-state index in [0.717, 1.165) is 57.8 Å². The molecule has 2 aromatic rings. The van der Waals surface area contributed by atoms with E-state index in [0.29, 0.717) is 16.5 Å². The number of halogens is 2. The average molecular weight is 453 g/mol. The number of rotatable bonds is 6. The van der Waals surface area contributed by atoms with E-state index in [9.17, 15) is 9.18 Å². The topological polar surface area (TPSA) is 41.4 Å². The number of hydrogen-bond donors (Lipinski definition) is 0. The number of nitrogens with zero attached hydrogens (tertiary/aromatic N) is 4. The zero-order valence-corrected chi connectivity index (χ0v) is 18.6. The van der Waals surface area contributed by atoms with Crippen molar-refractivity contribution in [3.05, 3.63) is 38.6 Å². The molecule has 1 aliphatic heterocycles. The van der Waals surface area contributed by atoms with E-state index in [1.54, 1.807) is 16.7 Å². The molecule has 0 radical (unpaired) electrons. The lowest BCUT2D eigenvalue weighted by Gasteiger charge is -2.31. The van der Waals surface area contributed by atoms with Gasteiger partial charge in [0.05, 0.1) is 16.0 Å². The smallest absolute Gasteiger partial charge is 0.264 e. The van der Waals surface area contributed by atoms with Gasteiger partial charge in [-0.1, -0.05) is 20.3 Å². The van der Waals surface area contributed by atoms with Gasteiger partial charge in [0.2, 0.25) is 0 Å². The lowest BCUT2D eigenvalue weighted by Crippen LogP contribution is -2.37. The fourth-order valence-corrected chi connectivity index (χ4v) is 4.52. The van der Waals surface area contributed by atoms with E-state index in [1.807, 2.05) is 6.92 Å². The highest BCUT2D eigenvalue weighted by molar-refractivity contribution is 9.10. The molecule has 0 saturated carbocycles. The van der Waals surface area contributed by atoms with Crippen molar-refractivity contribution in [2.75, 3.05) is 32.7 Å². The second-order valence-corrected chi connectivity index (χ2v) is 8.26. The molecule has 2 heterocycles. The Kier molecular flexibility index (Phi) is 7.23. The summed E-state index contributed by atoms with van der Waals surface area (Å²) in [7, 11) is 0. The van der Waals surface area contributed by atoms with Crippen molar-refractivity contribution >= 4 is 26.8 Å². The summed E-state index contributed by atoms with van der Waals surface area (Å²) in [6, 6.07) is 3.44. The van der Waals surface area contributed by atoms with Crippen LogP contribution in [-0.4, -0.2) is 52.1 Å². The Morgan fingerprint density at radius 1 is 1.14 bits per heavy atom. The van der Waals surface area contributed by atoms with Crippen LogP contribution in [0, 0.1) is 5.82 Å². The SMILES string of the molecule is CCCC(c1nc2ccc(Br)c(F)c2c(=O)n1CC)N1CCCN(CC)CC1. The molecule has 0 bridgehead atoms. The first-order valence-corrected chi connectivity index (χ1v) is 11.2. The lowest BCUT2D eigenvalue weighted by atomic mass is 10.1. The Balaban J connectivity index is 2.10. The normalized spacial score (nSPS) is 17.8. The molecule has 0 spiro atoms. The Hall–Kier alpha value is -1.31. The van der Waals surface area contributed by atoms with Crippen LogP contribution in [0.2, 0.25) is 0 Å². The van der Waals surface area contributed by atoms with Gasteiger partial charge >= 0.3 is 0 Å². The molecular weight excluding hydrogens is 423 g/mol. The molecule has 1 atom stereocenters. The fourth-order valence-electron chi connectivity index (χ4n) is 4.19. The minimum atomic E-state index is -0.524. The molecule has 7 heteroatoms. The standard InChI is InChI=1S/C21H30BrFN4O/c1-4-8-17(26-12-7-11-25(5-2)13-14-26)20-24-16-10-9-15(22)19(23)18(16)21(28)27(20)6-3/h9-10,17H,4-8,11-14H2,1-3H3. The Morgan fingerprint density at radius 3 is 2.61 bits per heavy atom. The third-order valence-corrected chi connectivity index (χ3v) is 6.34. The maximum atomic E-state index is 14.6. The van der Waals surface area contributed by atoms with Crippen LogP contribution in [0.25, 0.3) is 10.9 Å². The zero-order chi connectivity index (χ0) is 20.3. The van der Waals surface area contributed by atoms with Crippen molar-refractivity contribution in [2.24, 2.45) is 0 Å². The van der Waals surface area contributed by atoms with Crippen molar-refractivity contribution in [1.29, 1.82) is 0 Å². The van der Waals surface area contributed by atoms with Crippen molar-refractivity contribution in [3.8, 4) is 0 Å². The summed E-state index contributed by atoms with van der Waals surface area (Å²) in [4.78, 5) is 22.9. The number of aromatic nitrogens is 2. The van der Waals surface area contributed by atoms with Crippen LogP contribution < -0.4 is 5.56 Å². The Morgan fingerprint density at radius 2 is 1.93 bits per heavy atom. The second-order valence-electron chi connectivity index (χ2n) is 7.40. The lowest BCUT2D eigenvalue weighted by molar-refractivity contribution is 0.177. The van der Waals surface area contributed by atoms with Gasteiger partial charge in [-0.2, -0.15) is 0 Å². The van der Waals surface area contributed by atoms with Crippen molar-refractivity contribution in [3.63, 3.8) is 0 Å². The number of likely N-dealkylation sites (N-methyl/N-ethyl adjacent to an activating group) is 1. The van der Waals surface area contributed by atoms with E-state index in [4.69, 9.17) is 4.98 Å². The van der Waals surface area contributed by atoms with Gasteiger partial charge < -0.3 is 4.90 Å². The minimum Gasteiger partial charge on any atom is -0.302 e. The summed E-state index contributed by atoms with van der Waals surface area (Å²) in [5.41, 5.74) is 0.156. The van der Waals surface area contributed by atoms with Crippen LogP contribution in [0.3, 0.4) is 0 Å². The van der Waals surface area contributed by atoms with E-state index < -0.39 is 5.82 Å². The molecule has 0 N–H and O–H groups in total. The van der Waals surface area contributed by atoms with Crippen molar-refractivity contribution in [2.45, 2.75) is 52.6 Å². The highest BCUT2D eigenvalue weighted by Gasteiger charge is 2.27. The number of hydrogen-bond acceptors (Lipinski definition) is 4. The Bertz CT molecular complexity index is 885. The maximum absolute atomic E-state index is 14.6. The van der Waals surface area contributed by atoms with E-state index >= 15 is 0 Å². The minimum absolute atomic E-state index is 0.0725. The molecule has 28 heavy (non-hydrogen) atoms. The molecule has 0 amide bonds. The molecule has 1 aliphatic rings. The molecule has 154 valence electrons. The van der Waals surface area contributed by atoms with Crippen molar-refractivity contribution in [1.82, 2.24) is 19.4 Å². The van der Waals surface area contributed by atoms with Crippen LogP contribution >= 0.6 is 15.9 Å². The monoisotopic (exact) mass is 452 g/mol. The molecule has 1 aromatic carbocycles. The predicted octanol–water partition coefficient (Wildman–Crippen LogP) is 4.19. The number of fused-ring (bicyclic) bond motifs is 1. The maximum Gasteiger partial charge on any atom is 0.264 e. The zero-order valence-electron chi connectivity index (χ0n) is 17.0. The highest BCUT2D eigenvalue weighted by Crippen LogP contribution is 2.28. The van der Waals surface area contributed by atoms with E-state index in [-0.39, 0.29) is 17.0 Å². The van der Waals surface area contributed by atoms with Crippen LogP contribution in [-0.2, 0) is 6.54 Å². The van der Waals surface area contributed by atoms with Crippen LogP contribution in [0.15, 0.2) is 21.4 Å². The van der Waals surface area contributed by atoms with Gasteiger partial charge in [0.15, 0.2) is 5.82 Å². The molecule has 0 aliphatic carbocycles. The van der Waals surface area contributed by atoms with Crippen LogP contribution in [0.5, 0.6) is 0 Å². The molecule has 5 nitrogen and oxygen atoms in total. The van der Waals surface area contributed by atoms with E-state index in [1.165, 1.54) is 0 Å². The van der Waals surface area contributed by atoms with Gasteiger partial charge in [-0.15, -0.1) is 0 Å². The first kappa shape index (κ1) is 21.4. The molecule has 1 fully saturated rings.